The molecule has 406 valence electrons. The molecule has 0 bridgehead atoms. The number of urea groups is 3. The number of hydrogen-bond acceptors (Lipinski definition) is 19. The number of methoxy groups -OCH3 is 1. The lowest BCUT2D eigenvalue weighted by atomic mass is 10.2. The van der Waals surface area contributed by atoms with E-state index in [1.54, 1.807) is 12.1 Å². The molecule has 3 aromatic heterocycles. The van der Waals surface area contributed by atoms with Gasteiger partial charge in [-0.2, -0.15) is 13.7 Å². The Morgan fingerprint density at radius 3 is 1.27 bits per heavy atom. The van der Waals surface area contributed by atoms with Gasteiger partial charge in [0.05, 0.1) is 56.8 Å². The lowest BCUT2D eigenvalue weighted by molar-refractivity contribution is -0.136. The minimum Gasteiger partial charge on any atom is -0.491 e. The third kappa shape index (κ3) is 23.2. The van der Waals surface area contributed by atoms with E-state index in [1.807, 2.05) is 90.9 Å². The van der Waals surface area contributed by atoms with Crippen molar-refractivity contribution in [1.82, 2.24) is 32.8 Å². The standard InChI is InChI=1S/C16H23N5O4S2.C16H20N4O4S.C15H20N4O3S/c1-10(2)9-25-13-7-11(3)5-6-12(13)18-15(22)20-16-19-14(21-26-16)8-17-27(4,23)24;1-9(2)8-24-12-6-10(3)4-5-11(12)17-15(23)19-16-18-13(20-25-16)7-14(21)22;1-9(2)8-22-12-7-10(3)5-6-11(12)16-13(20)17-15-18-14(21-4)19-23-15/h5-7,10,17H,8-9H2,1-4H3,(H2,18,19,20,21,22);4-6,9H,7-8H2,1-3H3,(H,21,22)(H2,17,18,19,20,23);5-7,9H,8H2,1-4H3,(H2,16,17,18,19,20). The number of benzene rings is 3. The number of sulfonamides is 1. The number of anilines is 6. The number of aliphatic carboxylic acids is 1. The molecule has 0 unspecified atom stereocenters. The zero-order chi connectivity index (χ0) is 55.2. The first kappa shape index (κ1) is 60.3. The van der Waals surface area contributed by atoms with E-state index < -0.39 is 34.1 Å². The van der Waals surface area contributed by atoms with Gasteiger partial charge in [0.15, 0.2) is 11.6 Å². The van der Waals surface area contributed by atoms with Gasteiger partial charge in [-0.15, -0.1) is 4.37 Å². The predicted octanol–water partition coefficient (Wildman–Crippen LogP) is 9.26. The van der Waals surface area contributed by atoms with Crippen molar-refractivity contribution in [1.29, 1.82) is 0 Å². The summed E-state index contributed by atoms with van der Waals surface area (Å²) in [5, 5.41) is 25.5. The van der Waals surface area contributed by atoms with E-state index in [2.05, 4.69) is 78.5 Å². The van der Waals surface area contributed by atoms with Gasteiger partial charge in [0, 0.05) is 34.6 Å². The van der Waals surface area contributed by atoms with Gasteiger partial charge in [-0.25, -0.2) is 37.5 Å². The Hall–Kier alpha value is -7.27. The summed E-state index contributed by atoms with van der Waals surface area (Å²) < 4.78 is 58.4. The first-order valence-corrected chi connectivity index (χ1v) is 27.3. The second-order valence-corrected chi connectivity index (χ2v) is 21.7. The molecule has 0 fully saturated rings. The summed E-state index contributed by atoms with van der Waals surface area (Å²) in [6.45, 7) is 19.8. The predicted molar refractivity (Wildman–Crippen MR) is 292 cm³/mol. The van der Waals surface area contributed by atoms with E-state index in [4.69, 9.17) is 24.1 Å². The molecule has 75 heavy (non-hydrogen) atoms. The highest BCUT2D eigenvalue weighted by molar-refractivity contribution is 7.88. The van der Waals surface area contributed by atoms with Crippen molar-refractivity contribution in [3.63, 3.8) is 0 Å². The lowest BCUT2D eigenvalue weighted by Crippen LogP contribution is -2.22. The van der Waals surface area contributed by atoms with Crippen LogP contribution in [-0.4, -0.2) is 98.8 Å². The maximum Gasteiger partial charge on any atom is 0.329 e. The van der Waals surface area contributed by atoms with Gasteiger partial charge in [0.1, 0.15) is 23.7 Å². The van der Waals surface area contributed by atoms with Crippen molar-refractivity contribution >= 4 is 101 Å². The van der Waals surface area contributed by atoms with Crippen molar-refractivity contribution in [2.45, 2.75) is 75.3 Å². The van der Waals surface area contributed by atoms with Crippen molar-refractivity contribution in [2.24, 2.45) is 17.8 Å². The van der Waals surface area contributed by atoms with Crippen LogP contribution in [0.15, 0.2) is 54.6 Å². The Labute approximate surface area is 447 Å². The molecule has 8 N–H and O–H groups in total. The highest BCUT2D eigenvalue weighted by Crippen LogP contribution is 2.29. The second kappa shape index (κ2) is 29.6. The van der Waals surface area contributed by atoms with Crippen LogP contribution in [0.2, 0.25) is 0 Å². The van der Waals surface area contributed by atoms with Crippen molar-refractivity contribution in [2.75, 3.05) is 65.1 Å². The van der Waals surface area contributed by atoms with Crippen LogP contribution in [0.4, 0.5) is 46.8 Å². The van der Waals surface area contributed by atoms with Crippen LogP contribution in [0, 0.1) is 38.5 Å². The Morgan fingerprint density at radius 1 is 0.560 bits per heavy atom. The Kier molecular flexibility index (Phi) is 23.8. The molecule has 6 rings (SSSR count). The van der Waals surface area contributed by atoms with Gasteiger partial charge >= 0.3 is 30.1 Å². The summed E-state index contributed by atoms with van der Waals surface area (Å²) >= 11 is 2.93. The first-order chi connectivity index (χ1) is 35.4. The number of rotatable bonds is 21. The average Bonchev–Trinajstić information content (AvgIpc) is 4.10. The minimum absolute atomic E-state index is 0.0379. The number of aryl methyl sites for hydroxylation is 3. The third-order valence-electron chi connectivity index (χ3n) is 8.86. The Balaban J connectivity index is 0.000000244. The van der Waals surface area contributed by atoms with Gasteiger partial charge in [-0.3, -0.25) is 20.7 Å². The van der Waals surface area contributed by atoms with Crippen molar-refractivity contribution in [3.05, 3.63) is 82.9 Å². The summed E-state index contributed by atoms with van der Waals surface area (Å²) in [6.07, 6.45) is 0.761. The molecule has 0 atom stereocenters. The number of amides is 6. The molecule has 6 aromatic rings. The third-order valence-corrected chi connectivity index (χ3v) is 11.5. The lowest BCUT2D eigenvalue weighted by Gasteiger charge is -2.14. The van der Waals surface area contributed by atoms with E-state index in [0.717, 1.165) is 57.5 Å². The van der Waals surface area contributed by atoms with E-state index >= 15 is 0 Å². The fraction of sp³-hybridized carbons (Fsp3) is 0.404. The minimum atomic E-state index is -3.34. The van der Waals surface area contributed by atoms with Crippen LogP contribution in [0.3, 0.4) is 0 Å². The molecule has 0 aliphatic heterocycles. The summed E-state index contributed by atoms with van der Waals surface area (Å²) in [5.41, 5.74) is 4.79. The van der Waals surface area contributed by atoms with Crippen LogP contribution in [0.1, 0.15) is 69.9 Å². The Bertz CT molecular complexity index is 2950. The fourth-order valence-corrected chi connectivity index (χ4v) is 7.60. The zero-order valence-corrected chi connectivity index (χ0v) is 46.6. The highest BCUT2D eigenvalue weighted by Gasteiger charge is 2.16. The number of aromatic nitrogens is 6. The van der Waals surface area contributed by atoms with Crippen LogP contribution in [-0.2, 0) is 27.8 Å². The van der Waals surface area contributed by atoms with E-state index in [0.29, 0.717) is 77.0 Å². The van der Waals surface area contributed by atoms with Crippen molar-refractivity contribution < 1.29 is 51.6 Å². The van der Waals surface area contributed by atoms with Crippen molar-refractivity contribution in [3.8, 4) is 23.3 Å². The molecule has 0 radical (unpaired) electrons. The van der Waals surface area contributed by atoms with E-state index in [9.17, 15) is 27.6 Å². The maximum atomic E-state index is 12.2. The summed E-state index contributed by atoms with van der Waals surface area (Å²) in [5.74, 6) is 2.34. The largest absolute Gasteiger partial charge is 0.491 e. The zero-order valence-electron chi connectivity index (χ0n) is 43.3. The van der Waals surface area contributed by atoms with Gasteiger partial charge in [-0.1, -0.05) is 59.7 Å². The van der Waals surface area contributed by atoms with Gasteiger partial charge < -0.3 is 40.0 Å². The second-order valence-electron chi connectivity index (χ2n) is 17.6. The van der Waals surface area contributed by atoms with E-state index in [-0.39, 0.29) is 40.9 Å². The number of carboxylic acids is 1. The molecule has 0 saturated heterocycles. The molecule has 3 heterocycles. The summed E-state index contributed by atoms with van der Waals surface area (Å²) in [7, 11) is -1.87. The number of nitrogens with zero attached hydrogens (tertiary/aromatic N) is 6. The Morgan fingerprint density at radius 2 is 0.920 bits per heavy atom. The highest BCUT2D eigenvalue weighted by atomic mass is 32.2. The average molecular weight is 1110 g/mol. The molecule has 0 aliphatic rings. The molecular formula is C47H63N13O11S4. The van der Waals surface area contributed by atoms with Gasteiger partial charge in [0.2, 0.25) is 25.4 Å². The summed E-state index contributed by atoms with van der Waals surface area (Å²) in [6, 6.07) is 15.4. The van der Waals surface area contributed by atoms with Gasteiger partial charge in [-0.05, 0) is 91.6 Å². The van der Waals surface area contributed by atoms with E-state index in [1.165, 1.54) is 7.11 Å². The van der Waals surface area contributed by atoms with Crippen LogP contribution >= 0.6 is 34.6 Å². The molecule has 0 saturated carbocycles. The number of carboxylic acid groups (broad SMARTS) is 1. The normalized spacial score (nSPS) is 10.9. The van der Waals surface area contributed by atoms with Crippen LogP contribution in [0.25, 0.3) is 0 Å². The van der Waals surface area contributed by atoms with Crippen LogP contribution < -0.4 is 55.6 Å². The number of nitrogens with one attached hydrogen (secondary N) is 7. The smallest absolute Gasteiger partial charge is 0.329 e. The topological polar surface area (TPSA) is 321 Å². The quantitative estimate of drug-likeness (QED) is 0.0333. The number of hydrogen-bond donors (Lipinski definition) is 8. The first-order valence-electron chi connectivity index (χ1n) is 23.1. The molecule has 0 spiro atoms. The summed E-state index contributed by atoms with van der Waals surface area (Å²) in [4.78, 5) is 59.1. The molecule has 0 aliphatic carbocycles. The monoisotopic (exact) mass is 1110 g/mol. The van der Waals surface area contributed by atoms with Gasteiger partial charge in [0.25, 0.3) is 0 Å². The maximum absolute atomic E-state index is 12.2. The molecule has 24 nitrogen and oxygen atoms in total. The SMILES string of the molecule is COc1nsc(NC(=O)Nc2ccc(C)cc2OCC(C)C)n1.Cc1ccc(NC(=O)Nc2nc(CC(=O)O)ns2)c(OCC(C)C)c1.Cc1ccc(NC(=O)Nc2nc(CNS(C)(=O)=O)ns2)c(OCC(C)C)c1. The molecule has 6 amide bonds. The number of carbonyl (C=O) groups excluding carboxylic acids is 3. The molecule has 28 heteroatoms. The molecule has 3 aromatic carbocycles. The fourth-order valence-electron chi connectivity index (χ4n) is 5.51. The number of ether oxygens (including phenoxy) is 4. The van der Waals surface area contributed by atoms with Crippen LogP contribution in [0.5, 0.6) is 23.3 Å². The molecular weight excluding hydrogens is 1050 g/mol. The number of carbonyl (C=O) groups is 4.